The number of para-hydroxylation sites is 1. The Hall–Kier alpha value is -3.38. The van der Waals surface area contributed by atoms with Gasteiger partial charge in [-0.25, -0.2) is 13.4 Å². The van der Waals surface area contributed by atoms with Crippen LogP contribution in [-0.4, -0.2) is 13.0 Å². The molecule has 0 aliphatic carbocycles. The number of pyridine rings is 1. The third kappa shape index (κ3) is 4.07. The van der Waals surface area contributed by atoms with Crippen LogP contribution in [0.5, 0.6) is 0 Å². The Bertz CT molecular complexity index is 1310. The van der Waals surface area contributed by atoms with Gasteiger partial charge in [-0.05, 0) is 66.9 Å². The highest BCUT2D eigenvalue weighted by Gasteiger charge is 2.13. The van der Waals surface area contributed by atoms with Crippen molar-refractivity contribution in [2.24, 2.45) is 4.99 Å². The summed E-state index contributed by atoms with van der Waals surface area (Å²) in [6.07, 6.45) is 0. The number of benzene rings is 3. The summed E-state index contributed by atoms with van der Waals surface area (Å²) < 4.78 is 29.6. The Balaban J connectivity index is 1.65. The van der Waals surface area contributed by atoms with Gasteiger partial charge in [-0.3, -0.25) is 4.72 Å². The van der Waals surface area contributed by atoms with Crippen molar-refractivity contribution in [3.63, 3.8) is 0 Å². The minimum atomic E-state index is -3.60. The molecule has 29 heavy (non-hydrogen) atoms. The van der Waals surface area contributed by atoms with Crippen molar-refractivity contribution in [1.29, 1.82) is 0 Å². The molecule has 6 heteroatoms. The molecule has 0 bridgehead atoms. The van der Waals surface area contributed by atoms with E-state index in [0.717, 1.165) is 23.2 Å². The Morgan fingerprint density at radius 3 is 2.24 bits per heavy atom. The van der Waals surface area contributed by atoms with E-state index >= 15 is 0 Å². The summed E-state index contributed by atoms with van der Waals surface area (Å²) in [7, 11) is -3.60. The van der Waals surface area contributed by atoms with Crippen LogP contribution in [0.25, 0.3) is 10.9 Å². The van der Waals surface area contributed by atoms with Crippen LogP contribution in [0.15, 0.2) is 101 Å². The molecule has 0 unspecified atom stereocenters. The molecule has 0 saturated carbocycles. The van der Waals surface area contributed by atoms with Gasteiger partial charge < -0.3 is 4.57 Å². The van der Waals surface area contributed by atoms with E-state index in [0.29, 0.717) is 5.69 Å². The van der Waals surface area contributed by atoms with E-state index in [1.54, 1.807) is 54.6 Å². The number of rotatable bonds is 5. The molecular weight excluding hydrogens is 382 g/mol. The molecule has 146 valence electrons. The first kappa shape index (κ1) is 19.0. The van der Waals surface area contributed by atoms with Gasteiger partial charge in [-0.2, -0.15) is 0 Å². The molecule has 0 fully saturated rings. The molecule has 0 aliphatic heterocycles. The number of nitrogens with zero attached hydrogens (tertiary/aromatic N) is 2. The second-order valence-electron chi connectivity index (χ2n) is 6.57. The van der Waals surface area contributed by atoms with E-state index in [1.165, 1.54) is 5.39 Å². The first-order valence-corrected chi connectivity index (χ1v) is 10.9. The summed E-state index contributed by atoms with van der Waals surface area (Å²) in [4.78, 5) is 4.97. The largest absolute Gasteiger partial charge is 0.326 e. The first-order chi connectivity index (χ1) is 14.1. The number of nitrogens with one attached hydrogen (secondary N) is 1. The molecule has 0 amide bonds. The molecule has 1 heterocycles. The monoisotopic (exact) mass is 403 g/mol. The van der Waals surface area contributed by atoms with E-state index in [2.05, 4.69) is 34.4 Å². The van der Waals surface area contributed by atoms with Crippen molar-refractivity contribution in [2.75, 3.05) is 4.72 Å². The lowest BCUT2D eigenvalue weighted by atomic mass is 10.2. The van der Waals surface area contributed by atoms with E-state index in [-0.39, 0.29) is 4.90 Å². The van der Waals surface area contributed by atoms with Crippen molar-refractivity contribution >= 4 is 32.3 Å². The summed E-state index contributed by atoms with van der Waals surface area (Å²) in [5.74, 6) is 0. The van der Waals surface area contributed by atoms with Crippen molar-refractivity contribution in [3.8, 4) is 0 Å². The normalized spacial score (nSPS) is 12.2. The van der Waals surface area contributed by atoms with Gasteiger partial charge in [0, 0.05) is 17.7 Å². The SMILES string of the molecule is CCn1c(=Nc2ccc(NS(=O)(=O)c3ccccc3)cc2)ccc2ccccc21. The molecule has 0 saturated heterocycles. The van der Waals surface area contributed by atoms with Crippen LogP contribution in [0.2, 0.25) is 0 Å². The third-order valence-electron chi connectivity index (χ3n) is 4.65. The van der Waals surface area contributed by atoms with Gasteiger partial charge in [0.1, 0.15) is 5.49 Å². The number of sulfonamides is 1. The van der Waals surface area contributed by atoms with Gasteiger partial charge in [-0.15, -0.1) is 0 Å². The van der Waals surface area contributed by atoms with Gasteiger partial charge in [0.05, 0.1) is 10.6 Å². The van der Waals surface area contributed by atoms with E-state index in [9.17, 15) is 8.42 Å². The average molecular weight is 404 g/mol. The van der Waals surface area contributed by atoms with Crippen molar-refractivity contribution in [2.45, 2.75) is 18.4 Å². The molecule has 0 aliphatic rings. The lowest BCUT2D eigenvalue weighted by Crippen LogP contribution is -2.19. The summed E-state index contributed by atoms with van der Waals surface area (Å²) in [5, 5.41) is 1.17. The zero-order valence-corrected chi connectivity index (χ0v) is 16.8. The zero-order chi connectivity index (χ0) is 20.3. The Morgan fingerprint density at radius 2 is 1.52 bits per heavy atom. The average Bonchev–Trinajstić information content (AvgIpc) is 2.75. The maximum atomic E-state index is 12.4. The molecule has 1 aromatic heterocycles. The summed E-state index contributed by atoms with van der Waals surface area (Å²) in [5.41, 5.74) is 3.23. The number of fused-ring (bicyclic) bond motifs is 1. The van der Waals surface area contributed by atoms with Crippen LogP contribution in [0.4, 0.5) is 11.4 Å². The molecule has 4 rings (SSSR count). The Morgan fingerprint density at radius 1 is 0.828 bits per heavy atom. The lowest BCUT2D eigenvalue weighted by Gasteiger charge is -2.10. The van der Waals surface area contributed by atoms with Crippen molar-refractivity contribution < 1.29 is 8.42 Å². The van der Waals surface area contributed by atoms with E-state index in [1.807, 2.05) is 18.2 Å². The second kappa shape index (κ2) is 7.93. The van der Waals surface area contributed by atoms with Crippen LogP contribution in [0.1, 0.15) is 6.92 Å². The fourth-order valence-corrected chi connectivity index (χ4v) is 4.31. The zero-order valence-electron chi connectivity index (χ0n) is 16.0. The van der Waals surface area contributed by atoms with E-state index in [4.69, 9.17) is 4.99 Å². The molecule has 3 aromatic carbocycles. The third-order valence-corrected chi connectivity index (χ3v) is 6.05. The molecule has 0 atom stereocenters. The highest BCUT2D eigenvalue weighted by atomic mass is 32.2. The van der Waals surface area contributed by atoms with Crippen molar-refractivity contribution in [1.82, 2.24) is 4.57 Å². The van der Waals surface area contributed by atoms with Crippen LogP contribution in [0, 0.1) is 0 Å². The minimum Gasteiger partial charge on any atom is -0.326 e. The highest BCUT2D eigenvalue weighted by molar-refractivity contribution is 7.92. The fourth-order valence-electron chi connectivity index (χ4n) is 3.23. The number of hydrogen-bond acceptors (Lipinski definition) is 3. The number of anilines is 1. The van der Waals surface area contributed by atoms with E-state index < -0.39 is 10.0 Å². The standard InChI is InChI=1S/C23H21N3O2S/c1-2-26-22-11-7-6-8-18(22)12-17-23(26)24-19-13-15-20(16-14-19)25-29(27,28)21-9-4-3-5-10-21/h3-17,25H,2H2,1H3. The maximum Gasteiger partial charge on any atom is 0.261 e. The Labute approximate surface area is 170 Å². The highest BCUT2D eigenvalue weighted by Crippen LogP contribution is 2.20. The number of hydrogen-bond donors (Lipinski definition) is 1. The van der Waals surface area contributed by atoms with Gasteiger partial charge in [0.15, 0.2) is 0 Å². The van der Waals surface area contributed by atoms with Crippen LogP contribution >= 0.6 is 0 Å². The summed E-state index contributed by atoms with van der Waals surface area (Å²) in [6, 6.07) is 27.6. The molecule has 5 nitrogen and oxygen atoms in total. The van der Waals surface area contributed by atoms with Crippen LogP contribution < -0.4 is 10.2 Å². The van der Waals surface area contributed by atoms with Crippen LogP contribution in [-0.2, 0) is 16.6 Å². The van der Waals surface area contributed by atoms with Gasteiger partial charge in [0.2, 0.25) is 0 Å². The topological polar surface area (TPSA) is 63.5 Å². The quantitative estimate of drug-likeness (QED) is 0.525. The Kier molecular flexibility index (Phi) is 5.18. The number of aromatic nitrogens is 1. The maximum absolute atomic E-state index is 12.4. The fraction of sp³-hybridized carbons (Fsp3) is 0.0870. The summed E-state index contributed by atoms with van der Waals surface area (Å²) in [6.45, 7) is 2.89. The predicted molar refractivity (Wildman–Crippen MR) is 117 cm³/mol. The lowest BCUT2D eigenvalue weighted by molar-refractivity contribution is 0.601. The molecule has 4 aromatic rings. The molecule has 0 radical (unpaired) electrons. The minimum absolute atomic E-state index is 0.230. The van der Waals surface area contributed by atoms with Crippen LogP contribution in [0.3, 0.4) is 0 Å². The number of aryl methyl sites for hydroxylation is 1. The van der Waals surface area contributed by atoms with Crippen molar-refractivity contribution in [3.05, 3.63) is 96.5 Å². The smallest absolute Gasteiger partial charge is 0.261 e. The second-order valence-corrected chi connectivity index (χ2v) is 8.25. The van der Waals surface area contributed by atoms with Gasteiger partial charge >= 0.3 is 0 Å². The first-order valence-electron chi connectivity index (χ1n) is 9.38. The molecule has 1 N–H and O–H groups in total. The molecule has 0 spiro atoms. The van der Waals surface area contributed by atoms with Gasteiger partial charge in [-0.1, -0.05) is 36.4 Å². The summed E-state index contributed by atoms with van der Waals surface area (Å²) >= 11 is 0. The predicted octanol–water partition coefficient (Wildman–Crippen LogP) is 4.69. The molecular formula is C23H21N3O2S. The van der Waals surface area contributed by atoms with Gasteiger partial charge in [0.25, 0.3) is 10.0 Å².